The molecule has 1 aliphatic rings. The molecule has 0 aliphatic carbocycles. The van der Waals surface area contributed by atoms with Crippen LogP contribution in [0.4, 0.5) is 11.7 Å². The van der Waals surface area contributed by atoms with E-state index in [-0.39, 0.29) is 23.7 Å². The second kappa shape index (κ2) is 7.85. The van der Waals surface area contributed by atoms with Crippen LogP contribution in [-0.4, -0.2) is 34.8 Å². The van der Waals surface area contributed by atoms with Gasteiger partial charge in [-0.2, -0.15) is 0 Å². The number of anilines is 2. The van der Waals surface area contributed by atoms with Crippen molar-refractivity contribution in [1.82, 2.24) is 10.2 Å². The minimum atomic E-state index is -0.312. The third kappa shape index (κ3) is 3.63. The highest BCUT2D eigenvalue weighted by Crippen LogP contribution is 2.31. The first-order valence-electron chi connectivity index (χ1n) is 8.79. The molecule has 0 bridgehead atoms. The zero-order chi connectivity index (χ0) is 19.5. The molecule has 1 aliphatic heterocycles. The molecule has 0 spiro atoms. The molecule has 0 unspecified atom stereocenters. The van der Waals surface area contributed by atoms with Gasteiger partial charge in [0.25, 0.3) is 5.91 Å². The minimum Gasteiger partial charge on any atom is -0.407 e. The fourth-order valence-corrected chi connectivity index (χ4v) is 3.77. The van der Waals surface area contributed by atoms with Gasteiger partial charge in [-0.3, -0.25) is 14.9 Å². The minimum absolute atomic E-state index is 0.00823. The number of thioether (sulfide) groups is 1. The molecule has 3 aromatic rings. The number of benzene rings is 2. The van der Waals surface area contributed by atoms with Gasteiger partial charge in [0.2, 0.25) is 11.8 Å². The second-order valence-corrected chi connectivity index (χ2v) is 7.19. The van der Waals surface area contributed by atoms with Crippen molar-refractivity contribution >= 4 is 35.3 Å². The monoisotopic (exact) mass is 394 g/mol. The Morgan fingerprint density at radius 1 is 1.14 bits per heavy atom. The zero-order valence-corrected chi connectivity index (χ0v) is 16.0. The quantitative estimate of drug-likeness (QED) is 0.666. The Balaban J connectivity index is 1.46. The van der Waals surface area contributed by atoms with Crippen LogP contribution >= 0.6 is 11.8 Å². The summed E-state index contributed by atoms with van der Waals surface area (Å²) in [6.07, 6.45) is 2.20. The topological polar surface area (TPSA) is 88.3 Å². The molecular formula is C20H18N4O3S. The van der Waals surface area contributed by atoms with Crippen molar-refractivity contribution in [1.29, 1.82) is 0 Å². The molecule has 0 radical (unpaired) electrons. The fraction of sp³-hybridized carbons (Fsp3) is 0.200. The summed E-state index contributed by atoms with van der Waals surface area (Å²) >= 11 is 1.49. The van der Waals surface area contributed by atoms with Crippen LogP contribution in [0.3, 0.4) is 0 Å². The van der Waals surface area contributed by atoms with Gasteiger partial charge in [-0.05, 0) is 30.5 Å². The maximum atomic E-state index is 12.5. The normalized spacial score (nSPS) is 16.4. The lowest BCUT2D eigenvalue weighted by atomic mass is 10.1. The van der Waals surface area contributed by atoms with Crippen LogP contribution in [-0.2, 0) is 4.79 Å². The van der Waals surface area contributed by atoms with Gasteiger partial charge in [0.1, 0.15) is 0 Å². The third-order valence-corrected chi connectivity index (χ3v) is 5.35. The van der Waals surface area contributed by atoms with Crippen molar-refractivity contribution in [3.05, 3.63) is 66.1 Å². The predicted molar refractivity (Wildman–Crippen MR) is 107 cm³/mol. The molecule has 2 heterocycles. The Morgan fingerprint density at radius 2 is 1.89 bits per heavy atom. The summed E-state index contributed by atoms with van der Waals surface area (Å²) in [5, 5.41) is 10.6. The number of amides is 2. The van der Waals surface area contributed by atoms with E-state index in [4.69, 9.17) is 4.42 Å². The molecule has 28 heavy (non-hydrogen) atoms. The van der Waals surface area contributed by atoms with E-state index in [1.54, 1.807) is 17.0 Å². The molecule has 8 heteroatoms. The van der Waals surface area contributed by atoms with Crippen LogP contribution in [0.2, 0.25) is 0 Å². The largest absolute Gasteiger partial charge is 0.407 e. The van der Waals surface area contributed by atoms with E-state index in [1.807, 2.05) is 48.7 Å². The summed E-state index contributed by atoms with van der Waals surface area (Å²) in [6.45, 7) is 0.466. The first-order chi connectivity index (χ1) is 13.7. The SMILES string of the molecule is CSc1ccccc1C(=O)Nc1nnc([C@@H]2CC(=O)N(c3ccccc3)C2)o1. The predicted octanol–water partition coefficient (Wildman–Crippen LogP) is 3.56. The first kappa shape index (κ1) is 18.2. The lowest BCUT2D eigenvalue weighted by molar-refractivity contribution is -0.117. The molecule has 2 amide bonds. The van der Waals surface area contributed by atoms with Crippen molar-refractivity contribution in [2.45, 2.75) is 17.2 Å². The Hall–Kier alpha value is -3.13. The van der Waals surface area contributed by atoms with Crippen LogP contribution in [0.25, 0.3) is 0 Å². The van der Waals surface area contributed by atoms with Gasteiger partial charge in [0, 0.05) is 23.5 Å². The van der Waals surface area contributed by atoms with Crippen molar-refractivity contribution in [3.63, 3.8) is 0 Å². The molecule has 0 saturated carbocycles. The standard InChI is InChI=1S/C20H18N4O3S/c1-28-16-10-6-5-9-15(16)18(26)21-20-23-22-19(27-20)13-11-17(25)24(12-13)14-7-3-2-4-8-14/h2-10,13H,11-12H2,1H3,(H,21,23,26)/t13-/m1/s1. The maximum absolute atomic E-state index is 12.5. The van der Waals surface area contributed by atoms with E-state index < -0.39 is 0 Å². The van der Waals surface area contributed by atoms with E-state index in [1.165, 1.54) is 11.8 Å². The molecule has 1 aromatic heterocycles. The molecule has 1 N–H and O–H groups in total. The summed E-state index contributed by atoms with van der Waals surface area (Å²) in [5.41, 5.74) is 1.39. The van der Waals surface area contributed by atoms with Gasteiger partial charge >= 0.3 is 6.01 Å². The highest BCUT2D eigenvalue weighted by atomic mass is 32.2. The number of carbonyl (C=O) groups is 2. The number of hydrogen-bond donors (Lipinski definition) is 1. The first-order valence-corrected chi connectivity index (χ1v) is 10.0. The summed E-state index contributed by atoms with van der Waals surface area (Å²) < 4.78 is 5.63. The summed E-state index contributed by atoms with van der Waals surface area (Å²) in [7, 11) is 0. The lowest BCUT2D eigenvalue weighted by Crippen LogP contribution is -2.24. The molecule has 142 valence electrons. The van der Waals surface area contributed by atoms with Crippen LogP contribution in [0.15, 0.2) is 63.9 Å². The van der Waals surface area contributed by atoms with Gasteiger partial charge in [-0.1, -0.05) is 35.4 Å². The number of nitrogens with zero attached hydrogens (tertiary/aromatic N) is 3. The zero-order valence-electron chi connectivity index (χ0n) is 15.2. The summed E-state index contributed by atoms with van der Waals surface area (Å²) in [4.78, 5) is 27.4. The Kier molecular flexibility index (Phi) is 5.12. The maximum Gasteiger partial charge on any atom is 0.322 e. The Morgan fingerprint density at radius 3 is 2.68 bits per heavy atom. The summed E-state index contributed by atoms with van der Waals surface area (Å²) in [6, 6.07) is 16.8. The van der Waals surface area contributed by atoms with E-state index in [0.29, 0.717) is 24.4 Å². The van der Waals surface area contributed by atoms with Gasteiger partial charge < -0.3 is 9.32 Å². The molecule has 4 rings (SSSR count). The molecule has 1 saturated heterocycles. The highest BCUT2D eigenvalue weighted by molar-refractivity contribution is 7.98. The van der Waals surface area contributed by atoms with Gasteiger partial charge in [0.15, 0.2) is 0 Å². The van der Waals surface area contributed by atoms with E-state index >= 15 is 0 Å². The molecule has 2 aromatic carbocycles. The van der Waals surface area contributed by atoms with Crippen LogP contribution < -0.4 is 10.2 Å². The molecule has 7 nitrogen and oxygen atoms in total. The number of carbonyl (C=O) groups excluding carboxylic acids is 2. The van der Waals surface area contributed by atoms with Crippen molar-refractivity contribution in [2.24, 2.45) is 0 Å². The third-order valence-electron chi connectivity index (χ3n) is 4.55. The van der Waals surface area contributed by atoms with Gasteiger partial charge in [-0.25, -0.2) is 0 Å². The number of para-hydroxylation sites is 1. The lowest BCUT2D eigenvalue weighted by Gasteiger charge is -2.15. The van der Waals surface area contributed by atoms with Crippen LogP contribution in [0, 0.1) is 0 Å². The Bertz CT molecular complexity index is 1010. The number of rotatable bonds is 5. The van der Waals surface area contributed by atoms with E-state index in [0.717, 1.165) is 10.6 Å². The average molecular weight is 394 g/mol. The highest BCUT2D eigenvalue weighted by Gasteiger charge is 2.35. The number of hydrogen-bond acceptors (Lipinski definition) is 6. The van der Waals surface area contributed by atoms with E-state index in [2.05, 4.69) is 15.5 Å². The van der Waals surface area contributed by atoms with Crippen LogP contribution in [0.1, 0.15) is 28.6 Å². The van der Waals surface area contributed by atoms with E-state index in [9.17, 15) is 9.59 Å². The van der Waals surface area contributed by atoms with Crippen molar-refractivity contribution < 1.29 is 14.0 Å². The average Bonchev–Trinajstić information content (AvgIpc) is 3.35. The smallest absolute Gasteiger partial charge is 0.322 e. The number of nitrogens with one attached hydrogen (secondary N) is 1. The van der Waals surface area contributed by atoms with Crippen molar-refractivity contribution in [3.8, 4) is 0 Å². The second-order valence-electron chi connectivity index (χ2n) is 6.34. The molecular weight excluding hydrogens is 376 g/mol. The van der Waals surface area contributed by atoms with Crippen molar-refractivity contribution in [2.75, 3.05) is 23.0 Å². The Labute approximate surface area is 166 Å². The fourth-order valence-electron chi connectivity index (χ4n) is 3.18. The molecule has 1 fully saturated rings. The molecule has 1 atom stereocenters. The van der Waals surface area contributed by atoms with Gasteiger partial charge in [0.05, 0.1) is 11.5 Å². The van der Waals surface area contributed by atoms with Crippen LogP contribution in [0.5, 0.6) is 0 Å². The van der Waals surface area contributed by atoms with Gasteiger partial charge in [-0.15, -0.1) is 16.9 Å². The summed E-state index contributed by atoms with van der Waals surface area (Å²) in [5.74, 6) is -0.160. The number of aromatic nitrogens is 2.